The van der Waals surface area contributed by atoms with E-state index >= 15 is 0 Å². The Labute approximate surface area is 95.5 Å². The van der Waals surface area contributed by atoms with Gasteiger partial charge in [-0.15, -0.1) is 0 Å². The highest BCUT2D eigenvalue weighted by atomic mass is 15.1. The van der Waals surface area contributed by atoms with Crippen molar-refractivity contribution in [2.75, 3.05) is 13.6 Å². The van der Waals surface area contributed by atoms with E-state index in [4.69, 9.17) is 0 Å². The molecule has 1 rings (SSSR count). The molecule has 0 saturated heterocycles. The van der Waals surface area contributed by atoms with Gasteiger partial charge < -0.3 is 4.90 Å². The van der Waals surface area contributed by atoms with Crippen LogP contribution in [0.2, 0.25) is 0 Å². The Kier molecular flexibility index (Phi) is 6.54. The summed E-state index contributed by atoms with van der Waals surface area (Å²) in [5, 5.41) is 0. The summed E-state index contributed by atoms with van der Waals surface area (Å²) in [6, 6.07) is 0. The van der Waals surface area contributed by atoms with E-state index in [1.54, 1.807) is 5.70 Å². The molecule has 1 heterocycles. The highest BCUT2D eigenvalue weighted by Crippen LogP contribution is 2.16. The molecule has 1 aliphatic heterocycles. The minimum Gasteiger partial charge on any atom is -0.378 e. The van der Waals surface area contributed by atoms with Crippen LogP contribution in [0.15, 0.2) is 11.8 Å². The Balaban J connectivity index is 2.48. The Hall–Kier alpha value is -0.460. The van der Waals surface area contributed by atoms with Crippen LogP contribution in [0.3, 0.4) is 0 Å². The van der Waals surface area contributed by atoms with E-state index in [1.165, 1.54) is 64.3 Å². The molecule has 0 aromatic heterocycles. The van der Waals surface area contributed by atoms with Gasteiger partial charge in [0.1, 0.15) is 0 Å². The molecule has 0 unspecified atom stereocenters. The third-order valence-corrected chi connectivity index (χ3v) is 3.32. The van der Waals surface area contributed by atoms with Gasteiger partial charge >= 0.3 is 0 Å². The van der Waals surface area contributed by atoms with Gasteiger partial charge in [0.15, 0.2) is 0 Å². The zero-order valence-corrected chi connectivity index (χ0v) is 10.6. The van der Waals surface area contributed by atoms with Crippen molar-refractivity contribution >= 4 is 0 Å². The lowest BCUT2D eigenvalue weighted by Crippen LogP contribution is -2.19. The van der Waals surface area contributed by atoms with Gasteiger partial charge in [-0.2, -0.15) is 0 Å². The van der Waals surface area contributed by atoms with Crippen LogP contribution >= 0.6 is 0 Å². The predicted octanol–water partition coefficient (Wildman–Crippen LogP) is 4.35. The van der Waals surface area contributed by atoms with E-state index in [2.05, 4.69) is 24.9 Å². The first kappa shape index (κ1) is 12.6. The Morgan fingerprint density at radius 3 is 2.47 bits per heavy atom. The molecular weight excluding hydrogens is 182 g/mol. The highest BCUT2D eigenvalue weighted by molar-refractivity contribution is 5.00. The van der Waals surface area contributed by atoms with Crippen molar-refractivity contribution in [1.82, 2.24) is 4.90 Å². The van der Waals surface area contributed by atoms with Gasteiger partial charge in [0.25, 0.3) is 0 Å². The lowest BCUT2D eigenvalue weighted by atomic mass is 10.1. The lowest BCUT2D eigenvalue weighted by molar-refractivity contribution is 0.383. The normalized spacial score (nSPS) is 24.1. The first-order valence-electron chi connectivity index (χ1n) is 6.74. The van der Waals surface area contributed by atoms with E-state index in [1.807, 2.05) is 0 Å². The molecule has 0 aromatic rings. The molecule has 0 saturated carbocycles. The largest absolute Gasteiger partial charge is 0.378 e. The molecule has 0 fully saturated rings. The Bertz CT molecular complexity index is 184. The molecule has 0 atom stereocenters. The van der Waals surface area contributed by atoms with Crippen LogP contribution in [0.1, 0.15) is 64.7 Å². The number of nitrogens with zero attached hydrogens (tertiary/aromatic N) is 1. The van der Waals surface area contributed by atoms with Crippen LogP contribution in [0, 0.1) is 0 Å². The second-order valence-corrected chi connectivity index (χ2v) is 4.78. The van der Waals surface area contributed by atoms with E-state index in [0.717, 1.165) is 0 Å². The minimum atomic E-state index is 1.26. The summed E-state index contributed by atoms with van der Waals surface area (Å²) in [5.41, 5.74) is 1.58. The average Bonchev–Trinajstić information content (AvgIpc) is 2.27. The number of allylic oxidation sites excluding steroid dienone is 2. The molecule has 0 aliphatic carbocycles. The molecule has 0 bridgehead atoms. The SMILES string of the molecule is CCC/C1=C/CCCCCCCCN1C. The van der Waals surface area contributed by atoms with Crippen LogP contribution in [0.4, 0.5) is 0 Å². The molecule has 1 heteroatoms. The molecule has 88 valence electrons. The van der Waals surface area contributed by atoms with Crippen LogP contribution in [-0.4, -0.2) is 18.5 Å². The predicted molar refractivity (Wildman–Crippen MR) is 67.9 cm³/mol. The van der Waals surface area contributed by atoms with Crippen molar-refractivity contribution in [3.8, 4) is 0 Å². The highest BCUT2D eigenvalue weighted by Gasteiger charge is 2.04. The molecule has 15 heavy (non-hydrogen) atoms. The number of rotatable bonds is 2. The number of hydrogen-bond donors (Lipinski definition) is 0. The molecule has 1 nitrogen and oxygen atoms in total. The summed E-state index contributed by atoms with van der Waals surface area (Å²) in [7, 11) is 2.26. The van der Waals surface area contributed by atoms with Crippen molar-refractivity contribution in [3.63, 3.8) is 0 Å². The third kappa shape index (κ3) is 5.25. The summed E-state index contributed by atoms with van der Waals surface area (Å²) in [6.07, 6.45) is 14.8. The summed E-state index contributed by atoms with van der Waals surface area (Å²) in [5.74, 6) is 0. The van der Waals surface area contributed by atoms with Crippen LogP contribution in [0.25, 0.3) is 0 Å². The minimum absolute atomic E-state index is 1.26. The van der Waals surface area contributed by atoms with Gasteiger partial charge in [0.05, 0.1) is 0 Å². The van der Waals surface area contributed by atoms with Crippen molar-refractivity contribution in [3.05, 3.63) is 11.8 Å². The van der Waals surface area contributed by atoms with Gasteiger partial charge in [-0.3, -0.25) is 0 Å². The molecule has 1 aliphatic rings. The van der Waals surface area contributed by atoms with Gasteiger partial charge in [-0.05, 0) is 25.7 Å². The van der Waals surface area contributed by atoms with Crippen LogP contribution < -0.4 is 0 Å². The Morgan fingerprint density at radius 1 is 1.07 bits per heavy atom. The maximum atomic E-state index is 2.48. The zero-order valence-electron chi connectivity index (χ0n) is 10.6. The van der Waals surface area contributed by atoms with E-state index in [-0.39, 0.29) is 0 Å². The van der Waals surface area contributed by atoms with E-state index < -0.39 is 0 Å². The molecule has 0 N–H and O–H groups in total. The topological polar surface area (TPSA) is 3.24 Å². The monoisotopic (exact) mass is 209 g/mol. The van der Waals surface area contributed by atoms with Crippen molar-refractivity contribution < 1.29 is 0 Å². The molecule has 0 radical (unpaired) electrons. The van der Waals surface area contributed by atoms with Crippen molar-refractivity contribution in [1.29, 1.82) is 0 Å². The second-order valence-electron chi connectivity index (χ2n) is 4.78. The van der Waals surface area contributed by atoms with E-state index in [0.29, 0.717) is 0 Å². The molecule has 0 spiro atoms. The fraction of sp³-hybridized carbons (Fsp3) is 0.857. The molecule has 0 amide bonds. The fourth-order valence-electron chi connectivity index (χ4n) is 2.32. The van der Waals surface area contributed by atoms with Gasteiger partial charge in [-0.1, -0.05) is 45.1 Å². The summed E-state index contributed by atoms with van der Waals surface area (Å²) in [4.78, 5) is 2.48. The summed E-state index contributed by atoms with van der Waals surface area (Å²) < 4.78 is 0. The van der Waals surface area contributed by atoms with Gasteiger partial charge in [0.2, 0.25) is 0 Å². The van der Waals surface area contributed by atoms with E-state index in [9.17, 15) is 0 Å². The maximum absolute atomic E-state index is 2.48. The van der Waals surface area contributed by atoms with Gasteiger partial charge in [-0.25, -0.2) is 0 Å². The third-order valence-electron chi connectivity index (χ3n) is 3.32. The second kappa shape index (κ2) is 7.78. The lowest BCUT2D eigenvalue weighted by Gasteiger charge is -2.22. The standard InChI is InChI=1S/C14H27N/c1-3-11-14-12-9-7-5-4-6-8-10-13-15(14)2/h12H,3-11,13H2,1-2H3/b14-12-. The summed E-state index contributed by atoms with van der Waals surface area (Å²) >= 11 is 0. The smallest absolute Gasteiger partial charge is 0.0171 e. The van der Waals surface area contributed by atoms with Crippen LogP contribution in [0.5, 0.6) is 0 Å². The zero-order chi connectivity index (χ0) is 10.9. The first-order chi connectivity index (χ1) is 7.34. The molecular formula is C14H27N. The van der Waals surface area contributed by atoms with Gasteiger partial charge in [0, 0.05) is 19.3 Å². The van der Waals surface area contributed by atoms with Crippen molar-refractivity contribution in [2.24, 2.45) is 0 Å². The van der Waals surface area contributed by atoms with Crippen LogP contribution in [-0.2, 0) is 0 Å². The Morgan fingerprint density at radius 2 is 1.73 bits per heavy atom. The average molecular weight is 209 g/mol. The molecule has 0 aromatic carbocycles. The first-order valence-corrected chi connectivity index (χ1v) is 6.74. The maximum Gasteiger partial charge on any atom is 0.0171 e. The fourth-order valence-corrected chi connectivity index (χ4v) is 2.32. The quantitative estimate of drug-likeness (QED) is 0.653. The summed E-state index contributed by atoms with van der Waals surface area (Å²) in [6.45, 7) is 3.53. The van der Waals surface area contributed by atoms with Crippen molar-refractivity contribution in [2.45, 2.75) is 64.7 Å². The number of hydrogen-bond acceptors (Lipinski definition) is 1.